The van der Waals surface area contributed by atoms with Crippen LogP contribution in [0.1, 0.15) is 22.5 Å². The number of anilines is 1. The van der Waals surface area contributed by atoms with E-state index in [-0.39, 0.29) is 5.91 Å². The lowest BCUT2D eigenvalue weighted by Gasteiger charge is -2.13. The van der Waals surface area contributed by atoms with Crippen molar-refractivity contribution >= 4 is 68.6 Å². The normalized spacial score (nSPS) is 15.6. The quantitative estimate of drug-likeness (QED) is 0.222. The van der Waals surface area contributed by atoms with Gasteiger partial charge in [0.1, 0.15) is 0 Å². The van der Waals surface area contributed by atoms with Crippen LogP contribution < -0.4 is 4.90 Å². The number of benzene rings is 2. The molecule has 3 nitrogen and oxygen atoms in total. The predicted molar refractivity (Wildman–Crippen MR) is 135 cm³/mol. The number of aryl methyl sites for hydroxylation is 2. The van der Waals surface area contributed by atoms with E-state index in [1.54, 1.807) is 4.90 Å². The van der Waals surface area contributed by atoms with Gasteiger partial charge in [-0.2, -0.15) is 0 Å². The highest BCUT2D eigenvalue weighted by Gasteiger charge is 2.33. The summed E-state index contributed by atoms with van der Waals surface area (Å²) in [5.41, 5.74) is 6.46. The van der Waals surface area contributed by atoms with Gasteiger partial charge >= 0.3 is 0 Å². The molecule has 29 heavy (non-hydrogen) atoms. The standard InChI is InChI=1S/C23H19IN2OS2/c1-14-11-19(9-10-20(14)24)25-15(2)12-17(16(25)3)13-21-22(27)26(23(28)29-21)18-7-5-4-6-8-18/h4-13H,1-3H3/b21-13-. The fraction of sp³-hybridized carbons (Fsp3) is 0.130. The molecule has 1 saturated heterocycles. The van der Waals surface area contributed by atoms with Gasteiger partial charge in [-0.15, -0.1) is 0 Å². The Bertz CT molecular complexity index is 1170. The molecule has 1 amide bonds. The Morgan fingerprint density at radius 3 is 2.41 bits per heavy atom. The molecule has 1 aliphatic rings. The first-order valence-electron chi connectivity index (χ1n) is 9.15. The summed E-state index contributed by atoms with van der Waals surface area (Å²) in [6, 6.07) is 18.1. The zero-order valence-electron chi connectivity index (χ0n) is 16.3. The summed E-state index contributed by atoms with van der Waals surface area (Å²) in [5.74, 6) is -0.0684. The van der Waals surface area contributed by atoms with Crippen LogP contribution in [0.5, 0.6) is 0 Å². The SMILES string of the molecule is Cc1cc(-n2c(C)cc(/C=C3\SC(=S)N(c4ccccc4)C3=O)c2C)ccc1I. The molecule has 0 spiro atoms. The van der Waals surface area contributed by atoms with E-state index in [9.17, 15) is 4.79 Å². The van der Waals surface area contributed by atoms with Crippen molar-refractivity contribution in [1.29, 1.82) is 0 Å². The fourth-order valence-corrected chi connectivity index (χ4v) is 5.13. The Hall–Kier alpha value is -1.90. The number of thioether (sulfide) groups is 1. The van der Waals surface area contributed by atoms with Crippen LogP contribution in [0.15, 0.2) is 59.5 Å². The van der Waals surface area contributed by atoms with Gasteiger partial charge in [0, 0.05) is 20.6 Å². The number of hydrogen-bond donors (Lipinski definition) is 0. The molecule has 1 fully saturated rings. The molecule has 0 N–H and O–H groups in total. The number of aromatic nitrogens is 1. The van der Waals surface area contributed by atoms with Crippen molar-refractivity contribution in [1.82, 2.24) is 4.57 Å². The Morgan fingerprint density at radius 2 is 1.72 bits per heavy atom. The summed E-state index contributed by atoms with van der Waals surface area (Å²) < 4.78 is 4.04. The second-order valence-electron chi connectivity index (χ2n) is 6.95. The van der Waals surface area contributed by atoms with Crippen LogP contribution in [0.3, 0.4) is 0 Å². The second kappa shape index (κ2) is 8.08. The van der Waals surface area contributed by atoms with Crippen molar-refractivity contribution in [2.45, 2.75) is 20.8 Å². The van der Waals surface area contributed by atoms with Crippen LogP contribution in [-0.4, -0.2) is 14.8 Å². The highest BCUT2D eigenvalue weighted by Crippen LogP contribution is 2.36. The number of carbonyl (C=O) groups excluding carboxylic acids is 1. The van der Waals surface area contributed by atoms with Gasteiger partial charge in [0.15, 0.2) is 4.32 Å². The van der Waals surface area contributed by atoms with Crippen molar-refractivity contribution in [3.05, 3.63) is 85.6 Å². The average molecular weight is 530 g/mol. The predicted octanol–water partition coefficient (Wildman–Crippen LogP) is 6.41. The van der Waals surface area contributed by atoms with E-state index in [0.29, 0.717) is 9.23 Å². The van der Waals surface area contributed by atoms with Crippen LogP contribution >= 0.6 is 46.6 Å². The van der Waals surface area contributed by atoms with E-state index in [0.717, 1.165) is 28.3 Å². The van der Waals surface area contributed by atoms with Crippen molar-refractivity contribution in [3.8, 4) is 5.69 Å². The van der Waals surface area contributed by atoms with Crippen molar-refractivity contribution < 1.29 is 4.79 Å². The van der Waals surface area contributed by atoms with Gasteiger partial charge in [0.25, 0.3) is 5.91 Å². The van der Waals surface area contributed by atoms with Crippen LogP contribution in [-0.2, 0) is 4.79 Å². The molecule has 1 aliphatic heterocycles. The molecule has 146 valence electrons. The molecule has 1 aromatic heterocycles. The highest BCUT2D eigenvalue weighted by atomic mass is 127. The molecule has 0 unspecified atom stereocenters. The third-order valence-electron chi connectivity index (χ3n) is 4.96. The highest BCUT2D eigenvalue weighted by molar-refractivity contribution is 14.1. The Morgan fingerprint density at radius 1 is 1.00 bits per heavy atom. The maximum Gasteiger partial charge on any atom is 0.270 e. The zero-order chi connectivity index (χ0) is 20.7. The van der Waals surface area contributed by atoms with E-state index in [2.05, 4.69) is 72.2 Å². The molecule has 0 radical (unpaired) electrons. The van der Waals surface area contributed by atoms with E-state index in [4.69, 9.17) is 12.2 Å². The monoisotopic (exact) mass is 530 g/mol. The molecular weight excluding hydrogens is 511 g/mol. The minimum atomic E-state index is -0.0684. The molecule has 4 rings (SSSR count). The summed E-state index contributed by atoms with van der Waals surface area (Å²) in [6.07, 6.45) is 1.96. The van der Waals surface area contributed by atoms with Crippen LogP contribution in [0.25, 0.3) is 11.8 Å². The van der Waals surface area contributed by atoms with E-state index >= 15 is 0 Å². The zero-order valence-corrected chi connectivity index (χ0v) is 20.1. The lowest BCUT2D eigenvalue weighted by atomic mass is 10.2. The van der Waals surface area contributed by atoms with Gasteiger partial charge in [0.2, 0.25) is 0 Å². The molecule has 0 saturated carbocycles. The lowest BCUT2D eigenvalue weighted by molar-refractivity contribution is -0.113. The summed E-state index contributed by atoms with van der Waals surface area (Å²) >= 11 is 9.19. The Labute approximate surface area is 193 Å². The van der Waals surface area contributed by atoms with Crippen molar-refractivity contribution in [2.75, 3.05) is 4.90 Å². The molecular formula is C23H19IN2OS2. The van der Waals surface area contributed by atoms with Gasteiger partial charge in [-0.3, -0.25) is 9.69 Å². The summed E-state index contributed by atoms with van der Waals surface area (Å²) in [5, 5.41) is 0. The molecule has 0 aliphatic carbocycles. The molecule has 6 heteroatoms. The number of rotatable bonds is 3. The third-order valence-corrected chi connectivity index (χ3v) is 7.48. The fourth-order valence-electron chi connectivity index (χ4n) is 3.51. The van der Waals surface area contributed by atoms with Gasteiger partial charge in [-0.1, -0.05) is 42.2 Å². The van der Waals surface area contributed by atoms with Crippen LogP contribution in [0, 0.1) is 24.3 Å². The number of hydrogen-bond acceptors (Lipinski definition) is 3. The minimum absolute atomic E-state index is 0.0684. The summed E-state index contributed by atoms with van der Waals surface area (Å²) in [7, 11) is 0. The second-order valence-corrected chi connectivity index (χ2v) is 9.79. The minimum Gasteiger partial charge on any atom is -0.318 e. The van der Waals surface area contributed by atoms with Crippen molar-refractivity contribution in [3.63, 3.8) is 0 Å². The number of amides is 1. The van der Waals surface area contributed by atoms with Gasteiger partial charge < -0.3 is 4.57 Å². The van der Waals surface area contributed by atoms with Gasteiger partial charge in [0.05, 0.1) is 10.6 Å². The lowest BCUT2D eigenvalue weighted by Crippen LogP contribution is -2.27. The molecule has 2 heterocycles. The number of para-hydroxylation sites is 1. The summed E-state index contributed by atoms with van der Waals surface area (Å²) in [6.45, 7) is 6.30. The van der Waals surface area contributed by atoms with Gasteiger partial charge in [-0.05, 0) is 97.0 Å². The first kappa shape index (κ1) is 20.4. The third kappa shape index (κ3) is 3.81. The number of nitrogens with zero attached hydrogens (tertiary/aromatic N) is 2. The molecule has 0 bridgehead atoms. The van der Waals surface area contributed by atoms with E-state index < -0.39 is 0 Å². The number of halogens is 1. The van der Waals surface area contributed by atoms with Gasteiger partial charge in [-0.25, -0.2) is 0 Å². The Kier molecular flexibility index (Phi) is 5.68. The largest absolute Gasteiger partial charge is 0.318 e. The molecule has 3 aromatic rings. The first-order chi connectivity index (χ1) is 13.9. The first-order valence-corrected chi connectivity index (χ1v) is 11.5. The van der Waals surface area contributed by atoms with Crippen LogP contribution in [0.4, 0.5) is 5.69 Å². The van der Waals surface area contributed by atoms with E-state index in [1.165, 1.54) is 20.9 Å². The number of thiocarbonyl (C=S) groups is 1. The Balaban J connectivity index is 1.71. The van der Waals surface area contributed by atoms with E-state index in [1.807, 2.05) is 36.4 Å². The maximum absolute atomic E-state index is 13.0. The summed E-state index contributed by atoms with van der Waals surface area (Å²) in [4.78, 5) is 15.3. The van der Waals surface area contributed by atoms with Crippen LogP contribution in [0.2, 0.25) is 0 Å². The molecule has 2 aromatic carbocycles. The molecule has 0 atom stereocenters. The number of carbonyl (C=O) groups is 1. The topological polar surface area (TPSA) is 25.2 Å². The average Bonchev–Trinajstić information content (AvgIpc) is 3.13. The van der Waals surface area contributed by atoms with Crippen molar-refractivity contribution in [2.24, 2.45) is 0 Å². The smallest absolute Gasteiger partial charge is 0.270 e. The maximum atomic E-state index is 13.0.